The molecule has 4 nitrogen and oxygen atoms in total. The molecule has 116 valence electrons. The Hall–Kier alpha value is -1.58. The highest BCUT2D eigenvalue weighted by Crippen LogP contribution is 2.32. The number of amides is 1. The number of hydrogen-bond donors (Lipinski definition) is 0. The molecule has 1 aliphatic rings. The number of benzene rings is 1. The van der Waals surface area contributed by atoms with E-state index >= 15 is 0 Å². The second kappa shape index (κ2) is 5.25. The number of rotatable bonds is 1. The van der Waals surface area contributed by atoms with Crippen molar-refractivity contribution in [3.05, 3.63) is 45.3 Å². The first-order valence-electron chi connectivity index (χ1n) is 6.51. The largest absolute Gasteiger partial charge is 0.416 e. The van der Waals surface area contributed by atoms with Crippen molar-refractivity contribution in [2.24, 2.45) is 0 Å². The maximum absolute atomic E-state index is 12.6. The summed E-state index contributed by atoms with van der Waals surface area (Å²) in [6, 6.07) is 4.59. The van der Waals surface area contributed by atoms with Gasteiger partial charge in [-0.05, 0) is 53.8 Å². The molecule has 1 atom stereocenters. The minimum absolute atomic E-state index is 0.0430. The molecule has 0 unspecified atom stereocenters. The molecule has 0 N–H and O–H groups in total. The molecular formula is C14H11F3IN3O. The molecule has 0 saturated heterocycles. The lowest BCUT2D eigenvalue weighted by Gasteiger charge is -2.32. The number of nitrogens with zero attached hydrogens (tertiary/aromatic N) is 3. The predicted octanol–water partition coefficient (Wildman–Crippen LogP) is 3.73. The zero-order valence-corrected chi connectivity index (χ0v) is 13.6. The molecular weight excluding hydrogens is 410 g/mol. The van der Waals surface area contributed by atoms with Gasteiger partial charge in [-0.3, -0.25) is 9.48 Å². The van der Waals surface area contributed by atoms with Gasteiger partial charge in [0, 0.05) is 12.2 Å². The molecule has 8 heteroatoms. The van der Waals surface area contributed by atoms with Crippen molar-refractivity contribution in [2.45, 2.75) is 19.1 Å². The molecule has 2 aromatic rings. The molecule has 2 heterocycles. The zero-order chi connectivity index (χ0) is 16.1. The monoisotopic (exact) mass is 421 g/mol. The summed E-state index contributed by atoms with van der Waals surface area (Å²) in [6.45, 7) is 2.28. The number of carbonyl (C=O) groups is 1. The fraction of sp³-hybridized carbons (Fsp3) is 0.286. The molecule has 0 bridgehead atoms. The first-order chi connectivity index (χ1) is 10.3. The molecule has 3 rings (SSSR count). The van der Waals surface area contributed by atoms with Gasteiger partial charge in [-0.2, -0.15) is 18.3 Å². The topological polar surface area (TPSA) is 38.1 Å². The number of aromatic nitrogens is 2. The number of carbonyl (C=O) groups excluding carboxylic acids is 1. The van der Waals surface area contributed by atoms with Crippen LogP contribution >= 0.6 is 22.6 Å². The average Bonchev–Trinajstić information content (AvgIpc) is 2.85. The smallest absolute Gasteiger partial charge is 0.305 e. The number of alkyl halides is 3. The van der Waals surface area contributed by atoms with E-state index in [-0.39, 0.29) is 11.9 Å². The molecule has 1 aromatic carbocycles. The van der Waals surface area contributed by atoms with E-state index in [4.69, 9.17) is 0 Å². The minimum atomic E-state index is -4.38. The third-order valence-electron chi connectivity index (χ3n) is 3.57. The highest BCUT2D eigenvalue weighted by Gasteiger charge is 2.34. The van der Waals surface area contributed by atoms with Crippen LogP contribution in [0.25, 0.3) is 0 Å². The van der Waals surface area contributed by atoms with E-state index < -0.39 is 11.7 Å². The number of hydrogen-bond acceptors (Lipinski definition) is 2. The Morgan fingerprint density at radius 2 is 1.91 bits per heavy atom. The van der Waals surface area contributed by atoms with Gasteiger partial charge >= 0.3 is 6.18 Å². The summed E-state index contributed by atoms with van der Waals surface area (Å²) in [7, 11) is 0. The van der Waals surface area contributed by atoms with E-state index in [9.17, 15) is 18.0 Å². The van der Waals surface area contributed by atoms with Gasteiger partial charge in [-0.1, -0.05) is 0 Å². The first-order valence-corrected chi connectivity index (χ1v) is 7.59. The quantitative estimate of drug-likeness (QED) is 0.659. The molecule has 1 amide bonds. The second-order valence-corrected chi connectivity index (χ2v) is 6.26. The lowest BCUT2D eigenvalue weighted by atomic mass is 10.1. The van der Waals surface area contributed by atoms with Crippen molar-refractivity contribution in [3.8, 4) is 0 Å². The van der Waals surface area contributed by atoms with Crippen LogP contribution in [0, 0.1) is 3.57 Å². The third-order valence-corrected chi connectivity index (χ3v) is 4.36. The van der Waals surface area contributed by atoms with E-state index in [0.717, 1.165) is 15.7 Å². The summed E-state index contributed by atoms with van der Waals surface area (Å²) in [4.78, 5) is 14.1. The van der Waals surface area contributed by atoms with E-state index in [1.807, 2.05) is 29.5 Å². The summed E-state index contributed by atoms with van der Waals surface area (Å²) < 4.78 is 40.2. The Morgan fingerprint density at radius 3 is 2.50 bits per heavy atom. The molecule has 0 fully saturated rings. The standard InChI is InChI=1S/C14H11F3IN3O/c1-8-7-20(13(22)12-11(18)6-19-21(8)12)10-4-2-9(3-5-10)14(15,16)17/h2-6,8H,7H2,1H3/t8-/m0/s1. The summed E-state index contributed by atoms with van der Waals surface area (Å²) in [5.41, 5.74) is 0.195. The lowest BCUT2D eigenvalue weighted by Crippen LogP contribution is -2.43. The van der Waals surface area contributed by atoms with Crippen LogP contribution in [0.2, 0.25) is 0 Å². The summed E-state index contributed by atoms with van der Waals surface area (Å²) in [6.07, 6.45) is -2.77. The predicted molar refractivity (Wildman–Crippen MR) is 82.8 cm³/mol. The van der Waals surface area contributed by atoms with Crippen LogP contribution in [0.5, 0.6) is 0 Å². The summed E-state index contributed by atoms with van der Waals surface area (Å²) in [5, 5.41) is 4.18. The molecule has 22 heavy (non-hydrogen) atoms. The first kappa shape index (κ1) is 15.3. The van der Waals surface area contributed by atoms with Gasteiger partial charge in [0.1, 0.15) is 5.69 Å². The second-order valence-electron chi connectivity index (χ2n) is 5.10. The van der Waals surface area contributed by atoms with Crippen molar-refractivity contribution < 1.29 is 18.0 Å². The normalized spacial score (nSPS) is 18.5. The van der Waals surface area contributed by atoms with Gasteiger partial charge in [0.05, 0.1) is 21.4 Å². The number of fused-ring (bicyclic) bond motifs is 1. The Morgan fingerprint density at radius 1 is 1.27 bits per heavy atom. The van der Waals surface area contributed by atoms with Gasteiger partial charge in [0.2, 0.25) is 0 Å². The number of anilines is 1. The van der Waals surface area contributed by atoms with Crippen molar-refractivity contribution in [1.29, 1.82) is 0 Å². The van der Waals surface area contributed by atoms with E-state index in [2.05, 4.69) is 5.10 Å². The Kier molecular flexibility index (Phi) is 3.66. The van der Waals surface area contributed by atoms with Crippen LogP contribution in [-0.2, 0) is 6.18 Å². The van der Waals surface area contributed by atoms with Crippen LogP contribution in [0.1, 0.15) is 29.0 Å². The van der Waals surface area contributed by atoms with Gasteiger partial charge in [-0.15, -0.1) is 0 Å². The van der Waals surface area contributed by atoms with Crippen molar-refractivity contribution >= 4 is 34.2 Å². The molecule has 1 aromatic heterocycles. The lowest BCUT2D eigenvalue weighted by molar-refractivity contribution is -0.137. The van der Waals surface area contributed by atoms with Crippen LogP contribution < -0.4 is 4.90 Å². The van der Waals surface area contributed by atoms with Crippen LogP contribution in [0.3, 0.4) is 0 Å². The molecule has 0 spiro atoms. The van der Waals surface area contributed by atoms with Gasteiger partial charge in [-0.25, -0.2) is 0 Å². The van der Waals surface area contributed by atoms with E-state index in [0.29, 0.717) is 17.9 Å². The molecule has 1 aliphatic heterocycles. The van der Waals surface area contributed by atoms with Crippen LogP contribution in [0.15, 0.2) is 30.5 Å². The van der Waals surface area contributed by atoms with Gasteiger partial charge in [0.15, 0.2) is 0 Å². The Balaban J connectivity index is 1.96. The van der Waals surface area contributed by atoms with Gasteiger partial charge < -0.3 is 4.90 Å². The fourth-order valence-corrected chi connectivity index (χ4v) is 3.08. The number of halogens is 4. The zero-order valence-electron chi connectivity index (χ0n) is 11.4. The maximum atomic E-state index is 12.6. The molecule has 0 radical (unpaired) electrons. The summed E-state index contributed by atoms with van der Waals surface area (Å²) in [5.74, 6) is -0.250. The third kappa shape index (κ3) is 2.49. The highest BCUT2D eigenvalue weighted by atomic mass is 127. The van der Waals surface area contributed by atoms with Gasteiger partial charge in [0.25, 0.3) is 5.91 Å². The SMILES string of the molecule is C[C@H]1CN(c2ccc(C(F)(F)F)cc2)C(=O)c2c(I)cnn21. The molecule has 0 aliphatic carbocycles. The average molecular weight is 421 g/mol. The van der Waals surface area contributed by atoms with Crippen molar-refractivity contribution in [2.75, 3.05) is 11.4 Å². The van der Waals surface area contributed by atoms with E-state index in [1.165, 1.54) is 17.0 Å². The fourth-order valence-electron chi connectivity index (χ4n) is 2.48. The Labute approximate surface area is 138 Å². The van der Waals surface area contributed by atoms with Crippen molar-refractivity contribution in [1.82, 2.24) is 9.78 Å². The molecule has 0 saturated carbocycles. The van der Waals surface area contributed by atoms with Crippen LogP contribution in [-0.4, -0.2) is 22.2 Å². The van der Waals surface area contributed by atoms with Crippen molar-refractivity contribution in [3.63, 3.8) is 0 Å². The minimum Gasteiger partial charge on any atom is -0.305 e. The Bertz CT molecular complexity index is 724. The maximum Gasteiger partial charge on any atom is 0.416 e. The van der Waals surface area contributed by atoms with E-state index in [1.54, 1.807) is 10.9 Å². The highest BCUT2D eigenvalue weighted by molar-refractivity contribution is 14.1. The summed E-state index contributed by atoms with van der Waals surface area (Å²) >= 11 is 2.03. The van der Waals surface area contributed by atoms with Crippen LogP contribution in [0.4, 0.5) is 18.9 Å².